The Kier molecular flexibility index (Phi) is 3.51. The molecular weight excluding hydrogens is 288 g/mol. The molecule has 1 N–H and O–H groups in total. The van der Waals surface area contributed by atoms with E-state index in [0.717, 1.165) is 31.8 Å². The minimum absolute atomic E-state index is 0.291. The number of aliphatic hydroxyl groups is 1. The van der Waals surface area contributed by atoms with E-state index in [-0.39, 0.29) is 0 Å². The fraction of sp³-hybridized carbons (Fsp3) is 0.0588. The largest absolute Gasteiger partial charge is 0.508 e. The number of rotatable bonds is 2. The highest BCUT2D eigenvalue weighted by Crippen LogP contribution is 2.38. The standard InChI is InChI=1S/C17H13ClOS/c1-2-16(19)12-7-6-11-4-3-5-13(14(11)10-12)17-15(18)8-9-20-17/h2-10,19H,1H3. The van der Waals surface area contributed by atoms with Crippen LogP contribution in [0.2, 0.25) is 5.02 Å². The van der Waals surface area contributed by atoms with Crippen molar-refractivity contribution in [1.29, 1.82) is 0 Å². The number of hydrogen-bond acceptors (Lipinski definition) is 2. The first kappa shape index (κ1) is 13.2. The van der Waals surface area contributed by atoms with Gasteiger partial charge >= 0.3 is 0 Å². The second kappa shape index (κ2) is 5.31. The summed E-state index contributed by atoms with van der Waals surface area (Å²) in [5.74, 6) is 0.291. The molecule has 1 aromatic heterocycles. The molecule has 0 aliphatic rings. The summed E-state index contributed by atoms with van der Waals surface area (Å²) in [6.07, 6.45) is 1.70. The first-order valence-electron chi connectivity index (χ1n) is 6.32. The molecule has 20 heavy (non-hydrogen) atoms. The third-order valence-corrected chi connectivity index (χ3v) is 4.69. The van der Waals surface area contributed by atoms with Crippen molar-refractivity contribution < 1.29 is 5.11 Å². The van der Waals surface area contributed by atoms with Crippen LogP contribution in [0.5, 0.6) is 0 Å². The van der Waals surface area contributed by atoms with Crippen LogP contribution in [0.25, 0.3) is 27.0 Å². The van der Waals surface area contributed by atoms with E-state index in [0.29, 0.717) is 5.76 Å². The fourth-order valence-corrected chi connectivity index (χ4v) is 3.48. The van der Waals surface area contributed by atoms with E-state index in [1.54, 1.807) is 17.4 Å². The van der Waals surface area contributed by atoms with Crippen molar-refractivity contribution in [2.75, 3.05) is 0 Å². The average Bonchev–Trinajstić information content (AvgIpc) is 2.91. The predicted octanol–water partition coefficient (Wildman–Crippen LogP) is 6.14. The number of aliphatic hydroxyl groups excluding tert-OH is 1. The lowest BCUT2D eigenvalue weighted by atomic mass is 10.00. The molecule has 3 rings (SSSR count). The van der Waals surface area contributed by atoms with E-state index in [1.165, 1.54) is 0 Å². The summed E-state index contributed by atoms with van der Waals surface area (Å²) in [5.41, 5.74) is 1.92. The third kappa shape index (κ3) is 2.21. The Hall–Kier alpha value is -1.77. The van der Waals surface area contributed by atoms with Crippen molar-refractivity contribution in [3.05, 3.63) is 64.5 Å². The van der Waals surface area contributed by atoms with E-state index in [2.05, 4.69) is 12.1 Å². The Morgan fingerprint density at radius 1 is 1.20 bits per heavy atom. The monoisotopic (exact) mass is 300 g/mol. The van der Waals surface area contributed by atoms with Crippen molar-refractivity contribution in [2.45, 2.75) is 6.92 Å². The summed E-state index contributed by atoms with van der Waals surface area (Å²) >= 11 is 7.88. The highest BCUT2D eigenvalue weighted by Gasteiger charge is 2.10. The van der Waals surface area contributed by atoms with Crippen molar-refractivity contribution in [3.8, 4) is 10.4 Å². The number of halogens is 1. The molecule has 0 fully saturated rings. The zero-order valence-electron chi connectivity index (χ0n) is 10.9. The van der Waals surface area contributed by atoms with Crippen LogP contribution < -0.4 is 0 Å². The minimum Gasteiger partial charge on any atom is -0.508 e. The van der Waals surface area contributed by atoms with E-state index in [9.17, 15) is 5.11 Å². The minimum atomic E-state index is 0.291. The summed E-state index contributed by atoms with van der Waals surface area (Å²) in [6.45, 7) is 1.82. The van der Waals surface area contributed by atoms with Crippen LogP contribution in [0.3, 0.4) is 0 Å². The van der Waals surface area contributed by atoms with Gasteiger partial charge in [-0.25, -0.2) is 0 Å². The molecule has 2 aromatic carbocycles. The second-order valence-electron chi connectivity index (χ2n) is 4.51. The van der Waals surface area contributed by atoms with Gasteiger partial charge in [0.2, 0.25) is 0 Å². The van der Waals surface area contributed by atoms with Crippen molar-refractivity contribution in [2.24, 2.45) is 0 Å². The Morgan fingerprint density at radius 3 is 2.75 bits per heavy atom. The maximum absolute atomic E-state index is 9.90. The molecule has 0 spiro atoms. The SMILES string of the molecule is CC=C(O)c1ccc2cccc(-c3sccc3Cl)c2c1. The number of fused-ring (bicyclic) bond motifs is 1. The van der Waals surface area contributed by atoms with Crippen LogP contribution in [0.4, 0.5) is 0 Å². The van der Waals surface area contributed by atoms with Gasteiger partial charge in [0.1, 0.15) is 5.76 Å². The zero-order valence-corrected chi connectivity index (χ0v) is 12.5. The van der Waals surface area contributed by atoms with Gasteiger partial charge in [0.25, 0.3) is 0 Å². The maximum Gasteiger partial charge on any atom is 0.118 e. The number of hydrogen-bond donors (Lipinski definition) is 1. The normalized spacial score (nSPS) is 12.0. The van der Waals surface area contributed by atoms with Crippen molar-refractivity contribution in [3.63, 3.8) is 0 Å². The lowest BCUT2D eigenvalue weighted by molar-refractivity contribution is 0.511. The molecule has 0 saturated carbocycles. The summed E-state index contributed by atoms with van der Waals surface area (Å²) in [7, 11) is 0. The van der Waals surface area contributed by atoms with Gasteiger partial charge in [0, 0.05) is 11.1 Å². The van der Waals surface area contributed by atoms with E-state index >= 15 is 0 Å². The molecule has 0 atom stereocenters. The van der Waals surface area contributed by atoms with Gasteiger partial charge in [-0.05, 0) is 41.3 Å². The molecule has 1 heterocycles. The molecule has 0 saturated heterocycles. The van der Waals surface area contributed by atoms with Crippen LogP contribution in [-0.2, 0) is 0 Å². The van der Waals surface area contributed by atoms with Crippen LogP contribution in [-0.4, -0.2) is 5.11 Å². The van der Waals surface area contributed by atoms with Crippen molar-refractivity contribution in [1.82, 2.24) is 0 Å². The summed E-state index contributed by atoms with van der Waals surface area (Å²) in [5, 5.41) is 14.9. The highest BCUT2D eigenvalue weighted by molar-refractivity contribution is 7.14. The van der Waals surface area contributed by atoms with Crippen molar-refractivity contribution >= 4 is 39.5 Å². The molecule has 0 aliphatic carbocycles. The van der Waals surface area contributed by atoms with Gasteiger partial charge in [0.05, 0.1) is 9.90 Å². The van der Waals surface area contributed by atoms with E-state index in [4.69, 9.17) is 11.6 Å². The topological polar surface area (TPSA) is 20.2 Å². The number of allylic oxidation sites excluding steroid dienone is 1. The number of thiophene rings is 1. The Balaban J connectivity index is 2.30. The smallest absolute Gasteiger partial charge is 0.118 e. The first-order chi connectivity index (χ1) is 9.70. The maximum atomic E-state index is 9.90. The third-order valence-electron chi connectivity index (χ3n) is 3.31. The molecule has 1 nitrogen and oxygen atoms in total. The molecule has 0 amide bonds. The molecule has 3 heteroatoms. The van der Waals surface area contributed by atoms with Crippen LogP contribution in [0.15, 0.2) is 53.9 Å². The quantitative estimate of drug-likeness (QED) is 0.563. The Labute approximate surface area is 126 Å². The van der Waals surface area contributed by atoms with Crippen LogP contribution in [0, 0.1) is 0 Å². The first-order valence-corrected chi connectivity index (χ1v) is 7.58. The molecule has 0 radical (unpaired) electrons. The van der Waals surface area contributed by atoms with Gasteiger partial charge in [-0.1, -0.05) is 41.9 Å². The second-order valence-corrected chi connectivity index (χ2v) is 5.84. The van der Waals surface area contributed by atoms with Gasteiger partial charge in [-0.3, -0.25) is 0 Å². The van der Waals surface area contributed by atoms with E-state index in [1.807, 2.05) is 42.6 Å². The Morgan fingerprint density at radius 2 is 2.05 bits per heavy atom. The molecular formula is C17H13ClOS. The summed E-state index contributed by atoms with van der Waals surface area (Å²) in [4.78, 5) is 1.06. The van der Waals surface area contributed by atoms with E-state index < -0.39 is 0 Å². The van der Waals surface area contributed by atoms with Gasteiger partial charge in [-0.15, -0.1) is 11.3 Å². The van der Waals surface area contributed by atoms with Gasteiger partial charge in [-0.2, -0.15) is 0 Å². The molecule has 0 bridgehead atoms. The van der Waals surface area contributed by atoms with Gasteiger partial charge < -0.3 is 5.11 Å². The summed E-state index contributed by atoms with van der Waals surface area (Å²) < 4.78 is 0. The summed E-state index contributed by atoms with van der Waals surface area (Å²) in [6, 6.07) is 14.0. The van der Waals surface area contributed by atoms with Gasteiger partial charge in [0.15, 0.2) is 0 Å². The van der Waals surface area contributed by atoms with Crippen LogP contribution >= 0.6 is 22.9 Å². The highest BCUT2D eigenvalue weighted by atomic mass is 35.5. The molecule has 100 valence electrons. The fourth-order valence-electron chi connectivity index (χ4n) is 2.28. The Bertz CT molecular complexity index is 802. The molecule has 3 aromatic rings. The molecule has 0 unspecified atom stereocenters. The number of benzene rings is 2. The van der Waals surface area contributed by atoms with Crippen LogP contribution in [0.1, 0.15) is 12.5 Å². The lowest BCUT2D eigenvalue weighted by Gasteiger charge is -2.08. The zero-order chi connectivity index (χ0) is 14.1. The average molecular weight is 301 g/mol. The lowest BCUT2D eigenvalue weighted by Crippen LogP contribution is -1.85. The predicted molar refractivity (Wildman–Crippen MR) is 88.6 cm³/mol. The molecule has 0 aliphatic heterocycles.